The van der Waals surface area contributed by atoms with Crippen molar-refractivity contribution in [3.05, 3.63) is 118 Å². The Balaban J connectivity index is 1.37. The summed E-state index contributed by atoms with van der Waals surface area (Å²) in [5.74, 6) is -1.72. The van der Waals surface area contributed by atoms with Crippen molar-refractivity contribution < 1.29 is 28.2 Å². The number of amides is 2. The van der Waals surface area contributed by atoms with E-state index in [0.29, 0.717) is 36.9 Å². The molecule has 1 aliphatic heterocycles. The van der Waals surface area contributed by atoms with Gasteiger partial charge in [0.25, 0.3) is 5.91 Å². The maximum Gasteiger partial charge on any atom is 0.314 e. The number of hydrogen-bond acceptors (Lipinski definition) is 8. The van der Waals surface area contributed by atoms with Gasteiger partial charge in [0.15, 0.2) is 5.75 Å². The lowest BCUT2D eigenvalue weighted by atomic mass is 9.74. The molecule has 2 N–H and O–H groups in total. The summed E-state index contributed by atoms with van der Waals surface area (Å²) >= 11 is 0. The number of benzene rings is 2. The first-order valence-corrected chi connectivity index (χ1v) is 16.4. The van der Waals surface area contributed by atoms with E-state index >= 15 is 0 Å². The van der Waals surface area contributed by atoms with Gasteiger partial charge in [0.2, 0.25) is 11.8 Å². The molecular weight excluding hydrogens is 629 g/mol. The summed E-state index contributed by atoms with van der Waals surface area (Å²) in [5.41, 5.74) is 0.593. The molecule has 49 heavy (non-hydrogen) atoms. The van der Waals surface area contributed by atoms with Crippen molar-refractivity contribution in [1.82, 2.24) is 25.4 Å². The smallest absolute Gasteiger partial charge is 0.314 e. The molecule has 0 bridgehead atoms. The van der Waals surface area contributed by atoms with Crippen LogP contribution in [0.2, 0.25) is 0 Å². The number of pyridine rings is 1. The predicted molar refractivity (Wildman–Crippen MR) is 179 cm³/mol. The van der Waals surface area contributed by atoms with Gasteiger partial charge in [-0.15, -0.1) is 0 Å². The van der Waals surface area contributed by atoms with Crippen LogP contribution >= 0.6 is 0 Å². The number of hydrogen-bond donors (Lipinski definition) is 2. The molecular formula is C37H40FN5O6. The molecule has 0 saturated carbocycles. The first-order valence-electron chi connectivity index (χ1n) is 16.4. The van der Waals surface area contributed by atoms with Crippen molar-refractivity contribution in [3.63, 3.8) is 0 Å². The van der Waals surface area contributed by atoms with Crippen LogP contribution in [0.15, 0.2) is 83.8 Å². The van der Waals surface area contributed by atoms with Crippen molar-refractivity contribution in [2.75, 3.05) is 0 Å². The number of aryl methyl sites for hydroxylation is 1. The van der Waals surface area contributed by atoms with Gasteiger partial charge in [-0.05, 0) is 68.9 Å². The van der Waals surface area contributed by atoms with Gasteiger partial charge in [0, 0.05) is 24.4 Å². The second kappa shape index (κ2) is 15.2. The van der Waals surface area contributed by atoms with Gasteiger partial charge in [0.05, 0.1) is 22.7 Å². The Kier molecular flexibility index (Phi) is 10.9. The molecule has 4 aromatic rings. The third-order valence-electron chi connectivity index (χ3n) is 9.22. The standard InChI is InChI=1S/C37H40FN5O6/c1-5-37(6-2,36(47)48-22-25-11-8-7-9-12-25)31-17-16-29(26-13-10-14-28(38)20-26)43(31)35(46)24(4)40-33(44)27-15-18-32(39-21-27)49-30-19-23(3)41-42-34(30)45/h7-15,18-21,24,29,31H,5-6,16-17,22H2,1-4H3,(H,40,44)(H,42,45)/t24-,29+,31-/m1/s1. The van der Waals surface area contributed by atoms with Crippen molar-refractivity contribution in [3.8, 4) is 11.6 Å². The summed E-state index contributed by atoms with van der Waals surface area (Å²) in [7, 11) is 0. The number of carbonyl (C=O) groups excluding carboxylic acids is 3. The number of likely N-dealkylation sites (tertiary alicyclic amines) is 1. The quantitative estimate of drug-likeness (QED) is 0.180. The van der Waals surface area contributed by atoms with Crippen LogP contribution in [-0.4, -0.2) is 49.9 Å². The summed E-state index contributed by atoms with van der Waals surface area (Å²) in [6, 6.07) is 17.8. The van der Waals surface area contributed by atoms with E-state index in [1.165, 1.54) is 36.5 Å². The van der Waals surface area contributed by atoms with E-state index in [2.05, 4.69) is 20.5 Å². The molecule has 1 saturated heterocycles. The fourth-order valence-corrected chi connectivity index (χ4v) is 6.53. The zero-order chi connectivity index (χ0) is 35.1. The number of nitrogens with zero attached hydrogens (tertiary/aromatic N) is 3. The van der Waals surface area contributed by atoms with Gasteiger partial charge in [-0.25, -0.2) is 14.5 Å². The molecule has 2 aromatic heterocycles. The molecule has 0 radical (unpaired) electrons. The molecule has 2 aromatic carbocycles. The molecule has 3 heterocycles. The normalized spacial score (nSPS) is 16.6. The molecule has 256 valence electrons. The lowest BCUT2D eigenvalue weighted by Gasteiger charge is -2.43. The number of ether oxygens (including phenoxy) is 2. The molecule has 0 aliphatic carbocycles. The van der Waals surface area contributed by atoms with Crippen molar-refractivity contribution in [2.24, 2.45) is 5.41 Å². The molecule has 11 nitrogen and oxygen atoms in total. The third-order valence-corrected chi connectivity index (χ3v) is 9.22. The molecule has 0 unspecified atom stereocenters. The maximum atomic E-state index is 14.4. The number of H-pyrrole nitrogens is 1. The number of rotatable bonds is 12. The lowest BCUT2D eigenvalue weighted by Crippen LogP contribution is -2.56. The van der Waals surface area contributed by atoms with Gasteiger partial charge in [0.1, 0.15) is 18.5 Å². The van der Waals surface area contributed by atoms with Crippen molar-refractivity contribution in [2.45, 2.75) is 78.1 Å². The van der Waals surface area contributed by atoms with Crippen molar-refractivity contribution >= 4 is 17.8 Å². The summed E-state index contributed by atoms with van der Waals surface area (Å²) < 4.78 is 25.9. The second-order valence-corrected chi connectivity index (χ2v) is 12.2. The Hall–Kier alpha value is -5.39. The van der Waals surface area contributed by atoms with E-state index in [4.69, 9.17) is 9.47 Å². The molecule has 2 amide bonds. The molecule has 12 heteroatoms. The van der Waals surface area contributed by atoms with Crippen LogP contribution in [-0.2, 0) is 20.9 Å². The van der Waals surface area contributed by atoms with Crippen LogP contribution in [0, 0.1) is 18.2 Å². The molecule has 1 fully saturated rings. The monoisotopic (exact) mass is 669 g/mol. The van der Waals surface area contributed by atoms with Crippen LogP contribution in [0.25, 0.3) is 0 Å². The van der Waals surface area contributed by atoms with E-state index < -0.39 is 52.7 Å². The Labute approximate surface area is 283 Å². The number of aromatic amines is 1. The highest BCUT2D eigenvalue weighted by atomic mass is 19.1. The van der Waals surface area contributed by atoms with E-state index in [9.17, 15) is 23.6 Å². The average molecular weight is 670 g/mol. The highest BCUT2D eigenvalue weighted by Crippen LogP contribution is 2.47. The number of halogens is 1. The van der Waals surface area contributed by atoms with Crippen LogP contribution in [0.1, 0.15) is 79.7 Å². The van der Waals surface area contributed by atoms with E-state index in [0.717, 1.165) is 5.56 Å². The number of carbonyl (C=O) groups is 3. The highest BCUT2D eigenvalue weighted by molar-refractivity contribution is 5.97. The Bertz CT molecular complexity index is 1840. The summed E-state index contributed by atoms with van der Waals surface area (Å²) in [4.78, 5) is 59.4. The molecule has 3 atom stereocenters. The first-order chi connectivity index (χ1) is 23.6. The van der Waals surface area contributed by atoms with Crippen LogP contribution in [0.4, 0.5) is 4.39 Å². The van der Waals surface area contributed by atoms with Gasteiger partial charge in [-0.1, -0.05) is 56.3 Å². The van der Waals surface area contributed by atoms with Crippen LogP contribution in [0.5, 0.6) is 11.6 Å². The minimum atomic E-state index is -1.04. The Morgan fingerprint density at radius 1 is 1.04 bits per heavy atom. The first kappa shape index (κ1) is 34.9. The highest BCUT2D eigenvalue weighted by Gasteiger charge is 2.53. The van der Waals surface area contributed by atoms with E-state index in [-0.39, 0.29) is 23.8 Å². The van der Waals surface area contributed by atoms with Crippen LogP contribution in [0.3, 0.4) is 0 Å². The minimum Gasteiger partial charge on any atom is -0.460 e. The fraction of sp³-hybridized carbons (Fsp3) is 0.351. The minimum absolute atomic E-state index is 0.00335. The van der Waals surface area contributed by atoms with Crippen molar-refractivity contribution in [1.29, 1.82) is 0 Å². The SMILES string of the molecule is CCC(CC)(C(=O)OCc1ccccc1)[C@H]1CC[C@@H](c2cccc(F)c2)N1C(=O)[C@@H](C)NC(=O)c1ccc(Oc2cc(C)n[nH]c2=O)nc1. The number of aromatic nitrogens is 3. The van der Waals surface area contributed by atoms with Gasteiger partial charge >= 0.3 is 11.5 Å². The Morgan fingerprint density at radius 2 is 1.80 bits per heavy atom. The number of nitrogens with one attached hydrogen (secondary N) is 2. The second-order valence-electron chi connectivity index (χ2n) is 12.2. The van der Waals surface area contributed by atoms with Gasteiger partial charge in [-0.3, -0.25) is 19.2 Å². The maximum absolute atomic E-state index is 14.4. The topological polar surface area (TPSA) is 144 Å². The van der Waals surface area contributed by atoms with E-state index in [1.54, 1.807) is 30.9 Å². The average Bonchev–Trinajstić information content (AvgIpc) is 3.55. The number of esters is 1. The largest absolute Gasteiger partial charge is 0.460 e. The zero-order valence-electron chi connectivity index (χ0n) is 27.9. The van der Waals surface area contributed by atoms with Gasteiger partial charge < -0.3 is 19.7 Å². The lowest BCUT2D eigenvalue weighted by molar-refractivity contribution is -0.164. The third kappa shape index (κ3) is 7.69. The molecule has 5 rings (SSSR count). The van der Waals surface area contributed by atoms with Crippen LogP contribution < -0.4 is 15.6 Å². The summed E-state index contributed by atoms with van der Waals surface area (Å²) in [5, 5.41) is 8.90. The predicted octanol–water partition coefficient (Wildman–Crippen LogP) is 5.81. The van der Waals surface area contributed by atoms with E-state index in [1.807, 2.05) is 44.2 Å². The zero-order valence-corrected chi connectivity index (χ0v) is 27.9. The summed E-state index contributed by atoms with van der Waals surface area (Å²) in [6.45, 7) is 7.18. The summed E-state index contributed by atoms with van der Waals surface area (Å²) in [6.07, 6.45) is 3.08. The Morgan fingerprint density at radius 3 is 2.47 bits per heavy atom. The van der Waals surface area contributed by atoms with Gasteiger partial charge in [-0.2, -0.15) is 5.10 Å². The molecule has 0 spiro atoms. The molecule has 1 aliphatic rings. The fourth-order valence-electron chi connectivity index (χ4n) is 6.53.